The van der Waals surface area contributed by atoms with Gasteiger partial charge < -0.3 is 5.32 Å². The van der Waals surface area contributed by atoms with Crippen molar-refractivity contribution in [2.75, 3.05) is 17.2 Å². The van der Waals surface area contributed by atoms with Gasteiger partial charge in [0.15, 0.2) is 0 Å². The fourth-order valence-electron chi connectivity index (χ4n) is 5.38. The fraction of sp³-hybridized carbons (Fsp3) is 0.176. The van der Waals surface area contributed by atoms with E-state index in [9.17, 15) is 9.59 Å². The van der Waals surface area contributed by atoms with E-state index >= 15 is 4.39 Å². The zero-order valence-electron chi connectivity index (χ0n) is 23.8. The molecule has 9 heteroatoms. The van der Waals surface area contributed by atoms with Crippen LogP contribution < -0.4 is 10.2 Å². The van der Waals surface area contributed by atoms with Gasteiger partial charge in [-0.1, -0.05) is 72.3 Å². The summed E-state index contributed by atoms with van der Waals surface area (Å²) in [6.45, 7) is 4.06. The van der Waals surface area contributed by atoms with Crippen molar-refractivity contribution >= 4 is 29.4 Å². The summed E-state index contributed by atoms with van der Waals surface area (Å²) < 4.78 is 17.2. The van der Waals surface area contributed by atoms with Crippen molar-refractivity contribution < 1.29 is 14.0 Å². The average molecular weight is 592 g/mol. The Morgan fingerprint density at radius 3 is 2.56 bits per heavy atom. The number of thioether (sulfide) groups is 1. The van der Waals surface area contributed by atoms with Crippen LogP contribution in [-0.2, 0) is 16.1 Å². The van der Waals surface area contributed by atoms with Gasteiger partial charge in [0.25, 0.3) is 0 Å². The van der Waals surface area contributed by atoms with Gasteiger partial charge in [0.2, 0.25) is 11.8 Å². The first-order valence-corrected chi connectivity index (χ1v) is 15.0. The van der Waals surface area contributed by atoms with Crippen molar-refractivity contribution in [2.24, 2.45) is 0 Å². The van der Waals surface area contributed by atoms with Crippen LogP contribution in [0.3, 0.4) is 0 Å². The van der Waals surface area contributed by atoms with Gasteiger partial charge in [-0.15, -0.1) is 11.8 Å². The molecule has 0 bridgehead atoms. The number of rotatable bonds is 7. The van der Waals surface area contributed by atoms with Crippen LogP contribution in [0.5, 0.6) is 0 Å². The van der Waals surface area contributed by atoms with E-state index in [-0.39, 0.29) is 36.5 Å². The van der Waals surface area contributed by atoms with Crippen LogP contribution in [0.4, 0.5) is 10.2 Å². The minimum Gasteiger partial charge on any atom is -0.350 e. The van der Waals surface area contributed by atoms with Gasteiger partial charge >= 0.3 is 0 Å². The summed E-state index contributed by atoms with van der Waals surface area (Å²) in [6.07, 6.45) is 3.36. The molecule has 6 rings (SSSR count). The van der Waals surface area contributed by atoms with Gasteiger partial charge in [0, 0.05) is 35.6 Å². The summed E-state index contributed by atoms with van der Waals surface area (Å²) in [5.74, 6) is -0.422. The van der Waals surface area contributed by atoms with E-state index < -0.39 is 5.25 Å². The van der Waals surface area contributed by atoms with Crippen molar-refractivity contribution in [3.63, 3.8) is 0 Å². The lowest BCUT2D eigenvalue weighted by Crippen LogP contribution is -2.42. The average Bonchev–Trinajstić information content (AvgIpc) is 3.34. The third kappa shape index (κ3) is 5.81. The van der Waals surface area contributed by atoms with Crippen LogP contribution in [0.25, 0.3) is 16.9 Å². The zero-order chi connectivity index (χ0) is 29.9. The highest BCUT2D eigenvalue weighted by Gasteiger charge is 2.38. The number of nitrogens with one attached hydrogen (secondary N) is 1. The van der Waals surface area contributed by atoms with Crippen LogP contribution >= 0.6 is 11.8 Å². The fourth-order valence-corrected chi connectivity index (χ4v) is 6.60. The van der Waals surface area contributed by atoms with Crippen LogP contribution in [-0.4, -0.2) is 38.9 Å². The number of aryl methyl sites for hydroxylation is 2. The maximum absolute atomic E-state index is 15.4. The van der Waals surface area contributed by atoms with E-state index in [0.29, 0.717) is 22.6 Å². The number of nitrogens with zero attached hydrogens (tertiary/aromatic N) is 4. The molecule has 1 atom stereocenters. The lowest BCUT2D eigenvalue weighted by atomic mass is 9.99. The number of anilines is 1. The summed E-state index contributed by atoms with van der Waals surface area (Å²) >= 11 is 1.34. The van der Waals surface area contributed by atoms with E-state index in [2.05, 4.69) is 16.4 Å². The van der Waals surface area contributed by atoms with Gasteiger partial charge in [0.1, 0.15) is 18.2 Å². The zero-order valence-corrected chi connectivity index (χ0v) is 24.6. The quantitative estimate of drug-likeness (QED) is 0.245. The Hall–Kier alpha value is -4.76. The summed E-state index contributed by atoms with van der Waals surface area (Å²) in [5.41, 5.74) is 6.28. The van der Waals surface area contributed by atoms with E-state index in [1.807, 2.05) is 62.4 Å². The molecule has 1 aliphatic heterocycles. The summed E-state index contributed by atoms with van der Waals surface area (Å²) in [6, 6.07) is 26.0. The predicted molar refractivity (Wildman–Crippen MR) is 168 cm³/mol. The third-order valence-corrected chi connectivity index (χ3v) is 8.66. The number of amides is 2. The molecule has 3 aromatic carbocycles. The molecule has 3 heterocycles. The third-order valence-electron chi connectivity index (χ3n) is 7.42. The number of carbonyl (C=O) groups excluding carboxylic acids is 2. The van der Waals surface area contributed by atoms with E-state index in [1.165, 1.54) is 22.7 Å². The number of hydrogen-bond acceptors (Lipinski definition) is 5. The Morgan fingerprint density at radius 2 is 1.81 bits per heavy atom. The number of aromatic nitrogens is 3. The normalized spacial score (nSPS) is 14.7. The monoisotopic (exact) mass is 591 g/mol. The highest BCUT2D eigenvalue weighted by molar-refractivity contribution is 8.00. The summed E-state index contributed by atoms with van der Waals surface area (Å²) in [5, 5.41) is 7.48. The molecule has 1 N–H and O–H groups in total. The molecule has 2 amide bonds. The maximum atomic E-state index is 15.4. The van der Waals surface area contributed by atoms with E-state index in [0.717, 1.165) is 27.9 Å². The molecule has 0 aliphatic carbocycles. The van der Waals surface area contributed by atoms with Crippen molar-refractivity contribution in [2.45, 2.75) is 25.6 Å². The number of pyridine rings is 1. The Kier molecular flexibility index (Phi) is 8.07. The molecule has 0 unspecified atom stereocenters. The molecular weight excluding hydrogens is 561 g/mol. The Labute approximate surface area is 253 Å². The Morgan fingerprint density at radius 1 is 1.02 bits per heavy atom. The molecular formula is C34H30FN5O2S. The van der Waals surface area contributed by atoms with Gasteiger partial charge in [-0.2, -0.15) is 5.10 Å². The van der Waals surface area contributed by atoms with Gasteiger partial charge in [-0.05, 0) is 43.2 Å². The second-order valence-corrected chi connectivity index (χ2v) is 11.6. The Bertz CT molecular complexity index is 1790. The SMILES string of the molecule is Cc1ccc(-n2nc(-c3ccccc3)c3c2N(CC(=O)NCc2cccnc2)C(=O)CS[C@H]3c2ccccc2F)c(C)c1. The topological polar surface area (TPSA) is 80.1 Å². The first kappa shape index (κ1) is 28.4. The van der Waals surface area contributed by atoms with Crippen molar-refractivity contribution in [1.82, 2.24) is 20.1 Å². The first-order chi connectivity index (χ1) is 20.9. The van der Waals surface area contributed by atoms with Gasteiger partial charge in [-0.3, -0.25) is 19.5 Å². The first-order valence-electron chi connectivity index (χ1n) is 14.0. The summed E-state index contributed by atoms with van der Waals surface area (Å²) in [7, 11) is 0. The van der Waals surface area contributed by atoms with E-state index in [4.69, 9.17) is 5.10 Å². The second-order valence-electron chi connectivity index (χ2n) is 10.5. The van der Waals surface area contributed by atoms with Gasteiger partial charge in [0.05, 0.1) is 22.4 Å². The largest absolute Gasteiger partial charge is 0.350 e. The predicted octanol–water partition coefficient (Wildman–Crippen LogP) is 6.18. The number of fused-ring (bicyclic) bond motifs is 1. The molecule has 7 nitrogen and oxygen atoms in total. The molecule has 216 valence electrons. The molecule has 0 fully saturated rings. The van der Waals surface area contributed by atoms with Crippen LogP contribution in [0.2, 0.25) is 0 Å². The summed E-state index contributed by atoms with van der Waals surface area (Å²) in [4.78, 5) is 32.9. The number of carbonyl (C=O) groups is 2. The maximum Gasteiger partial charge on any atom is 0.240 e. The lowest BCUT2D eigenvalue weighted by Gasteiger charge is -2.24. The molecule has 1 aliphatic rings. The standard InChI is InChI=1S/C34H30FN5O2S/c1-22-14-15-28(23(2)17-22)40-34-31(32(38-40)25-10-4-3-5-11-25)33(26-12-6-7-13-27(26)35)43-21-30(42)39(34)20-29(41)37-19-24-9-8-16-36-18-24/h3-18,33H,19-21H2,1-2H3,(H,37,41)/t33-/m0/s1. The second kappa shape index (κ2) is 12.2. The molecule has 0 radical (unpaired) electrons. The number of hydrogen-bond donors (Lipinski definition) is 1. The molecule has 43 heavy (non-hydrogen) atoms. The van der Waals surface area contributed by atoms with Crippen molar-refractivity contribution in [1.29, 1.82) is 0 Å². The smallest absolute Gasteiger partial charge is 0.240 e. The molecule has 2 aromatic heterocycles. The highest BCUT2D eigenvalue weighted by atomic mass is 32.2. The van der Waals surface area contributed by atoms with E-state index in [1.54, 1.807) is 41.3 Å². The van der Waals surface area contributed by atoms with Crippen LogP contribution in [0.15, 0.2) is 97.3 Å². The Balaban J connectivity index is 1.55. The molecule has 0 spiro atoms. The number of benzene rings is 3. The highest BCUT2D eigenvalue weighted by Crippen LogP contribution is 2.49. The van der Waals surface area contributed by atoms with Gasteiger partial charge in [-0.25, -0.2) is 9.07 Å². The van der Waals surface area contributed by atoms with Crippen molar-refractivity contribution in [3.05, 3.63) is 131 Å². The lowest BCUT2D eigenvalue weighted by molar-refractivity contribution is -0.123. The van der Waals surface area contributed by atoms with Crippen LogP contribution in [0, 0.1) is 19.7 Å². The van der Waals surface area contributed by atoms with Crippen molar-refractivity contribution in [3.8, 4) is 16.9 Å². The molecule has 0 saturated carbocycles. The number of halogens is 1. The minimum atomic E-state index is -0.543. The molecule has 0 saturated heterocycles. The minimum absolute atomic E-state index is 0.0602. The van der Waals surface area contributed by atoms with Crippen LogP contribution in [0.1, 0.15) is 33.1 Å². The molecule has 5 aromatic rings.